The van der Waals surface area contributed by atoms with Crippen LogP contribution < -0.4 is 5.19 Å². The highest BCUT2D eigenvalue weighted by atomic mass is 28.2. The van der Waals surface area contributed by atoms with Crippen molar-refractivity contribution < 1.29 is 0 Å². The van der Waals surface area contributed by atoms with Crippen molar-refractivity contribution in [1.82, 2.24) is 0 Å². The summed E-state index contributed by atoms with van der Waals surface area (Å²) in [6.07, 6.45) is 5.33. The molecule has 1 rings (SSSR count). The summed E-state index contributed by atoms with van der Waals surface area (Å²) < 4.78 is 0. The first-order chi connectivity index (χ1) is 5.66. The second-order valence-corrected chi connectivity index (χ2v) is 4.70. The quantitative estimate of drug-likeness (QED) is 0.440. The maximum absolute atomic E-state index is 5.33. The molecule has 0 radical (unpaired) electrons. The third-order valence-corrected chi connectivity index (χ3v) is 3.81. The Kier molecular flexibility index (Phi) is 2.72. The SMILES string of the molecule is C#C[SiH2]c1ccc(C)c(C)c1C. The van der Waals surface area contributed by atoms with Crippen molar-refractivity contribution >= 4 is 14.7 Å². The van der Waals surface area contributed by atoms with Crippen LogP contribution in [-0.4, -0.2) is 9.52 Å². The van der Waals surface area contributed by atoms with Crippen molar-refractivity contribution in [3.63, 3.8) is 0 Å². The second kappa shape index (κ2) is 3.60. The highest BCUT2D eigenvalue weighted by Crippen LogP contribution is 2.08. The number of terminal acetylenes is 1. The monoisotopic (exact) mass is 174 g/mol. The van der Waals surface area contributed by atoms with Crippen LogP contribution in [0.5, 0.6) is 0 Å². The fourth-order valence-electron chi connectivity index (χ4n) is 1.31. The van der Waals surface area contributed by atoms with Gasteiger partial charge in [0.25, 0.3) is 0 Å². The molecule has 0 bridgehead atoms. The molecule has 0 nitrogen and oxygen atoms in total. The molecule has 1 aromatic carbocycles. The van der Waals surface area contributed by atoms with Crippen LogP contribution in [0.2, 0.25) is 0 Å². The highest BCUT2D eigenvalue weighted by molar-refractivity contribution is 6.62. The average molecular weight is 174 g/mol. The van der Waals surface area contributed by atoms with E-state index in [1.807, 2.05) is 0 Å². The van der Waals surface area contributed by atoms with E-state index in [-0.39, 0.29) is 0 Å². The Bertz CT molecular complexity index is 332. The molecule has 1 aromatic rings. The summed E-state index contributed by atoms with van der Waals surface area (Å²) in [5.74, 6) is 0. The summed E-state index contributed by atoms with van der Waals surface area (Å²) in [7, 11) is -0.440. The zero-order valence-electron chi connectivity index (χ0n) is 7.94. The van der Waals surface area contributed by atoms with Gasteiger partial charge in [0.05, 0.1) is 0 Å². The third-order valence-electron chi connectivity index (χ3n) is 2.46. The Labute approximate surface area is 76.8 Å². The molecule has 0 saturated heterocycles. The molecular weight excluding hydrogens is 160 g/mol. The predicted molar refractivity (Wildman–Crippen MR) is 57.7 cm³/mol. The largest absolute Gasteiger partial charge is 0.137 e. The van der Waals surface area contributed by atoms with E-state index >= 15 is 0 Å². The summed E-state index contributed by atoms with van der Waals surface area (Å²) in [6.45, 7) is 6.48. The van der Waals surface area contributed by atoms with Crippen molar-refractivity contribution in [3.05, 3.63) is 28.8 Å². The molecule has 0 saturated carbocycles. The minimum atomic E-state index is -0.440. The Hall–Kier alpha value is -1.00. The van der Waals surface area contributed by atoms with E-state index in [1.165, 1.54) is 21.9 Å². The lowest BCUT2D eigenvalue weighted by Gasteiger charge is -2.08. The first-order valence-corrected chi connectivity index (χ1v) is 5.57. The van der Waals surface area contributed by atoms with Crippen LogP contribution in [-0.2, 0) is 0 Å². The van der Waals surface area contributed by atoms with E-state index < -0.39 is 9.52 Å². The lowest BCUT2D eigenvalue weighted by atomic mass is 10.1. The third kappa shape index (κ3) is 1.59. The van der Waals surface area contributed by atoms with Crippen LogP contribution >= 0.6 is 0 Å². The number of rotatable bonds is 1. The van der Waals surface area contributed by atoms with Gasteiger partial charge in [0.15, 0.2) is 0 Å². The van der Waals surface area contributed by atoms with Crippen molar-refractivity contribution in [1.29, 1.82) is 0 Å². The highest BCUT2D eigenvalue weighted by Gasteiger charge is 2.01. The van der Waals surface area contributed by atoms with Gasteiger partial charge in [-0.1, -0.05) is 12.1 Å². The molecule has 12 heavy (non-hydrogen) atoms. The first kappa shape index (κ1) is 9.09. The summed E-state index contributed by atoms with van der Waals surface area (Å²) >= 11 is 0. The molecule has 1 heteroatoms. The van der Waals surface area contributed by atoms with Gasteiger partial charge in [0.2, 0.25) is 0 Å². The van der Waals surface area contributed by atoms with Gasteiger partial charge >= 0.3 is 0 Å². The van der Waals surface area contributed by atoms with Crippen LogP contribution in [0.3, 0.4) is 0 Å². The van der Waals surface area contributed by atoms with Gasteiger partial charge < -0.3 is 0 Å². The summed E-state index contributed by atoms with van der Waals surface area (Å²) in [6, 6.07) is 4.35. The molecule has 62 valence electrons. The summed E-state index contributed by atoms with van der Waals surface area (Å²) in [5, 5.41) is 1.42. The molecule has 0 aliphatic rings. The minimum Gasteiger partial charge on any atom is -0.137 e. The molecule has 0 amide bonds. The second-order valence-electron chi connectivity index (χ2n) is 3.17. The van der Waals surface area contributed by atoms with Crippen LogP contribution in [0.25, 0.3) is 0 Å². The standard InChI is InChI=1S/C11H14Si/c1-5-12-11-7-6-8(2)9(3)10(11)4/h1,6-7H,12H2,2-4H3. The fourth-order valence-corrected chi connectivity index (χ4v) is 2.30. The number of aryl methyl sites for hydroxylation is 1. The fraction of sp³-hybridized carbons (Fsp3) is 0.273. The minimum absolute atomic E-state index is 0.440. The summed E-state index contributed by atoms with van der Waals surface area (Å²) in [5.41, 5.74) is 6.97. The molecule has 0 aliphatic carbocycles. The normalized spacial score (nSPS) is 10.5. The maximum Gasteiger partial charge on any atom is 0.137 e. The van der Waals surface area contributed by atoms with Gasteiger partial charge in [-0.15, -0.1) is 12.0 Å². The van der Waals surface area contributed by atoms with E-state index in [1.54, 1.807) is 0 Å². The predicted octanol–water partition coefficient (Wildman–Crippen LogP) is 0.997. The van der Waals surface area contributed by atoms with Gasteiger partial charge in [-0.25, -0.2) is 0 Å². The number of hydrogen-bond donors (Lipinski definition) is 0. The van der Waals surface area contributed by atoms with E-state index in [0.29, 0.717) is 0 Å². The lowest BCUT2D eigenvalue weighted by molar-refractivity contribution is 1.28. The zero-order chi connectivity index (χ0) is 9.14. The maximum atomic E-state index is 5.33. The van der Waals surface area contributed by atoms with Crippen LogP contribution in [0.1, 0.15) is 16.7 Å². The molecule has 0 fully saturated rings. The van der Waals surface area contributed by atoms with Crippen molar-refractivity contribution in [2.45, 2.75) is 20.8 Å². The molecule has 0 spiro atoms. The van der Waals surface area contributed by atoms with Crippen molar-refractivity contribution in [2.24, 2.45) is 0 Å². The van der Waals surface area contributed by atoms with E-state index in [4.69, 9.17) is 6.42 Å². The Morgan fingerprint density at radius 2 is 1.83 bits per heavy atom. The summed E-state index contributed by atoms with van der Waals surface area (Å²) in [4.78, 5) is 0. The van der Waals surface area contributed by atoms with Gasteiger partial charge in [-0.2, -0.15) is 0 Å². The van der Waals surface area contributed by atoms with E-state index in [9.17, 15) is 0 Å². The smallest absolute Gasteiger partial charge is 0.137 e. The lowest BCUT2D eigenvalue weighted by Crippen LogP contribution is -2.17. The molecule has 0 aliphatic heterocycles. The number of benzene rings is 1. The topological polar surface area (TPSA) is 0 Å². The van der Waals surface area contributed by atoms with Crippen molar-refractivity contribution in [3.8, 4) is 12.0 Å². The molecule has 0 N–H and O–H groups in total. The van der Waals surface area contributed by atoms with Crippen LogP contribution in [0, 0.1) is 32.7 Å². The Balaban J connectivity index is 3.19. The zero-order valence-corrected chi connectivity index (χ0v) is 9.35. The molecular formula is C11H14Si. The van der Waals surface area contributed by atoms with Crippen LogP contribution in [0.15, 0.2) is 12.1 Å². The van der Waals surface area contributed by atoms with Crippen LogP contribution in [0.4, 0.5) is 0 Å². The molecule has 0 unspecified atom stereocenters. The Morgan fingerprint density at radius 1 is 1.17 bits per heavy atom. The van der Waals surface area contributed by atoms with Gasteiger partial charge in [-0.05, 0) is 42.6 Å². The van der Waals surface area contributed by atoms with E-state index in [0.717, 1.165) is 0 Å². The van der Waals surface area contributed by atoms with Crippen molar-refractivity contribution in [2.75, 3.05) is 0 Å². The molecule has 0 atom stereocenters. The van der Waals surface area contributed by atoms with Gasteiger partial charge in [0.1, 0.15) is 9.52 Å². The van der Waals surface area contributed by atoms with Gasteiger partial charge in [-0.3, -0.25) is 0 Å². The number of hydrogen-bond acceptors (Lipinski definition) is 0. The average Bonchev–Trinajstić information content (AvgIpc) is 2.07. The first-order valence-electron chi connectivity index (χ1n) is 4.16. The molecule has 0 heterocycles. The molecule has 0 aromatic heterocycles. The Morgan fingerprint density at radius 3 is 2.42 bits per heavy atom. The van der Waals surface area contributed by atoms with E-state index in [2.05, 4.69) is 38.4 Å². The van der Waals surface area contributed by atoms with Gasteiger partial charge in [0, 0.05) is 0 Å².